The maximum absolute atomic E-state index is 13.0. The van der Waals surface area contributed by atoms with Crippen LogP contribution in [0.1, 0.15) is 56.6 Å². The van der Waals surface area contributed by atoms with Crippen LogP contribution in [0.15, 0.2) is 24.3 Å². The molecule has 0 spiro atoms. The predicted octanol–water partition coefficient (Wildman–Crippen LogP) is 4.47. The number of hydrogen-bond acceptors (Lipinski definition) is 1. The van der Waals surface area contributed by atoms with E-state index in [9.17, 15) is 9.50 Å². The van der Waals surface area contributed by atoms with Crippen LogP contribution in [0.2, 0.25) is 0 Å². The molecule has 0 saturated heterocycles. The highest BCUT2D eigenvalue weighted by atomic mass is 19.1. The van der Waals surface area contributed by atoms with E-state index in [0.717, 1.165) is 29.7 Å². The third-order valence-electron chi connectivity index (χ3n) is 6.05. The number of aliphatic hydroxyl groups excluding tert-OH is 1. The first-order chi connectivity index (χ1) is 9.62. The van der Waals surface area contributed by atoms with E-state index in [1.165, 1.54) is 50.7 Å². The highest BCUT2D eigenvalue weighted by Crippen LogP contribution is 2.62. The van der Waals surface area contributed by atoms with E-state index >= 15 is 0 Å². The van der Waals surface area contributed by atoms with Crippen LogP contribution in [0.25, 0.3) is 0 Å². The summed E-state index contributed by atoms with van der Waals surface area (Å²) >= 11 is 0. The van der Waals surface area contributed by atoms with Crippen LogP contribution in [0.3, 0.4) is 0 Å². The van der Waals surface area contributed by atoms with Gasteiger partial charge < -0.3 is 5.11 Å². The topological polar surface area (TPSA) is 20.2 Å². The lowest BCUT2D eigenvalue weighted by atomic mass is 9.48. The Balaban J connectivity index is 1.52. The maximum atomic E-state index is 13.0. The molecule has 108 valence electrons. The highest BCUT2D eigenvalue weighted by Gasteiger charge is 2.51. The molecule has 4 aliphatic carbocycles. The molecule has 0 radical (unpaired) electrons. The van der Waals surface area contributed by atoms with Gasteiger partial charge in [0.05, 0.1) is 6.10 Å². The van der Waals surface area contributed by atoms with Gasteiger partial charge in [-0.1, -0.05) is 12.1 Å². The van der Waals surface area contributed by atoms with Crippen LogP contribution in [0.4, 0.5) is 4.39 Å². The zero-order chi connectivity index (χ0) is 13.7. The molecular formula is C18H23FO. The minimum Gasteiger partial charge on any atom is -0.388 e. The predicted molar refractivity (Wildman–Crippen MR) is 76.6 cm³/mol. The molecule has 0 aromatic heterocycles. The van der Waals surface area contributed by atoms with Crippen molar-refractivity contribution in [2.24, 2.45) is 23.2 Å². The molecule has 4 saturated carbocycles. The normalized spacial score (nSPS) is 40.0. The number of rotatable bonds is 3. The summed E-state index contributed by atoms with van der Waals surface area (Å²) in [5.74, 6) is 2.53. The second-order valence-corrected chi connectivity index (χ2v) is 7.69. The zero-order valence-corrected chi connectivity index (χ0v) is 11.9. The van der Waals surface area contributed by atoms with Gasteiger partial charge in [0, 0.05) is 0 Å². The maximum Gasteiger partial charge on any atom is 0.123 e. The van der Waals surface area contributed by atoms with Crippen LogP contribution < -0.4 is 0 Å². The van der Waals surface area contributed by atoms with Gasteiger partial charge in [0.25, 0.3) is 0 Å². The third-order valence-corrected chi connectivity index (χ3v) is 6.05. The summed E-state index contributed by atoms with van der Waals surface area (Å²) in [5, 5.41) is 10.5. The van der Waals surface area contributed by atoms with Crippen molar-refractivity contribution < 1.29 is 9.50 Å². The fraction of sp³-hybridized carbons (Fsp3) is 0.667. The van der Waals surface area contributed by atoms with E-state index in [1.807, 2.05) is 0 Å². The summed E-state index contributed by atoms with van der Waals surface area (Å²) in [6.45, 7) is 0. The number of benzene rings is 1. The molecule has 1 aromatic rings. The second kappa shape index (κ2) is 4.56. The molecular weight excluding hydrogens is 251 g/mol. The number of halogens is 1. The van der Waals surface area contributed by atoms with Crippen molar-refractivity contribution in [3.8, 4) is 0 Å². The van der Waals surface area contributed by atoms with Gasteiger partial charge in [-0.05, 0) is 85.8 Å². The largest absolute Gasteiger partial charge is 0.388 e. The first kappa shape index (κ1) is 12.8. The van der Waals surface area contributed by atoms with Gasteiger partial charge >= 0.3 is 0 Å². The van der Waals surface area contributed by atoms with Crippen LogP contribution >= 0.6 is 0 Å². The molecule has 1 unspecified atom stereocenters. The summed E-state index contributed by atoms with van der Waals surface area (Å²) in [5.41, 5.74) is 1.25. The molecule has 5 rings (SSSR count). The summed E-state index contributed by atoms with van der Waals surface area (Å²) in [6.07, 6.45) is 8.71. The summed E-state index contributed by atoms with van der Waals surface area (Å²) < 4.78 is 13.0. The van der Waals surface area contributed by atoms with Crippen molar-refractivity contribution in [3.05, 3.63) is 35.6 Å². The standard InChI is InChI=1S/C18H23FO/c19-16-3-1-15(2-4-16)17(20)11-18-8-12-5-13(9-18)7-14(6-12)10-18/h1-4,12-14,17,20H,5-11H2. The van der Waals surface area contributed by atoms with E-state index in [-0.39, 0.29) is 5.82 Å². The number of hydrogen-bond donors (Lipinski definition) is 1. The van der Waals surface area contributed by atoms with Gasteiger partial charge in [-0.15, -0.1) is 0 Å². The van der Waals surface area contributed by atoms with Gasteiger partial charge in [-0.2, -0.15) is 0 Å². The molecule has 1 N–H and O–H groups in total. The fourth-order valence-corrected chi connectivity index (χ4v) is 5.75. The second-order valence-electron chi connectivity index (χ2n) is 7.69. The van der Waals surface area contributed by atoms with Gasteiger partial charge in [-0.3, -0.25) is 0 Å². The van der Waals surface area contributed by atoms with Crippen LogP contribution in [0.5, 0.6) is 0 Å². The molecule has 4 fully saturated rings. The van der Waals surface area contributed by atoms with E-state index in [0.29, 0.717) is 5.41 Å². The lowest BCUT2D eigenvalue weighted by Gasteiger charge is -2.57. The summed E-state index contributed by atoms with van der Waals surface area (Å²) in [7, 11) is 0. The molecule has 0 aliphatic heterocycles. The summed E-state index contributed by atoms with van der Waals surface area (Å²) in [4.78, 5) is 0. The Morgan fingerprint density at radius 2 is 1.50 bits per heavy atom. The van der Waals surface area contributed by atoms with Crippen molar-refractivity contribution in [2.75, 3.05) is 0 Å². The Kier molecular flexibility index (Phi) is 2.92. The Bertz CT molecular complexity index is 457. The van der Waals surface area contributed by atoms with Gasteiger partial charge in [0.2, 0.25) is 0 Å². The SMILES string of the molecule is OC(CC12CC3CC(CC(C3)C1)C2)c1ccc(F)cc1. The average molecular weight is 274 g/mol. The lowest BCUT2D eigenvalue weighted by Crippen LogP contribution is -2.46. The first-order valence-corrected chi connectivity index (χ1v) is 8.05. The van der Waals surface area contributed by atoms with Crippen LogP contribution in [0, 0.1) is 29.0 Å². The number of aliphatic hydroxyl groups is 1. The third kappa shape index (κ3) is 2.18. The van der Waals surface area contributed by atoms with Gasteiger partial charge in [0.1, 0.15) is 5.82 Å². The van der Waals surface area contributed by atoms with Gasteiger partial charge in [0.15, 0.2) is 0 Å². The molecule has 4 aliphatic rings. The van der Waals surface area contributed by atoms with Crippen molar-refractivity contribution in [1.82, 2.24) is 0 Å². The summed E-state index contributed by atoms with van der Waals surface area (Å²) in [6, 6.07) is 6.39. The molecule has 1 nitrogen and oxygen atoms in total. The van der Waals surface area contributed by atoms with Gasteiger partial charge in [-0.25, -0.2) is 4.39 Å². The van der Waals surface area contributed by atoms with Crippen molar-refractivity contribution >= 4 is 0 Å². The molecule has 0 amide bonds. The first-order valence-electron chi connectivity index (χ1n) is 8.05. The zero-order valence-electron chi connectivity index (χ0n) is 11.9. The minimum atomic E-state index is -0.424. The Morgan fingerprint density at radius 1 is 1.00 bits per heavy atom. The van der Waals surface area contributed by atoms with Crippen LogP contribution in [-0.2, 0) is 0 Å². The van der Waals surface area contributed by atoms with E-state index < -0.39 is 6.10 Å². The smallest absolute Gasteiger partial charge is 0.123 e. The van der Waals surface area contributed by atoms with Crippen molar-refractivity contribution in [1.29, 1.82) is 0 Å². The Hall–Kier alpha value is -0.890. The molecule has 2 heteroatoms. The van der Waals surface area contributed by atoms with Crippen molar-refractivity contribution in [3.63, 3.8) is 0 Å². The lowest BCUT2D eigenvalue weighted by molar-refractivity contribution is -0.0764. The molecule has 1 aromatic carbocycles. The minimum absolute atomic E-state index is 0.226. The van der Waals surface area contributed by atoms with Crippen molar-refractivity contribution in [2.45, 2.75) is 51.0 Å². The quantitative estimate of drug-likeness (QED) is 0.862. The van der Waals surface area contributed by atoms with E-state index in [1.54, 1.807) is 12.1 Å². The molecule has 0 heterocycles. The van der Waals surface area contributed by atoms with Crippen LogP contribution in [-0.4, -0.2) is 5.11 Å². The fourth-order valence-electron chi connectivity index (χ4n) is 5.75. The van der Waals surface area contributed by atoms with E-state index in [2.05, 4.69) is 0 Å². The Labute approximate surface area is 120 Å². The highest BCUT2D eigenvalue weighted by molar-refractivity contribution is 5.19. The Morgan fingerprint density at radius 3 is 2.00 bits per heavy atom. The molecule has 20 heavy (non-hydrogen) atoms. The molecule has 4 bridgehead atoms. The molecule has 1 atom stereocenters. The monoisotopic (exact) mass is 274 g/mol. The van der Waals surface area contributed by atoms with E-state index in [4.69, 9.17) is 0 Å². The average Bonchev–Trinajstić information content (AvgIpc) is 2.37.